The molecule has 84 valence electrons. The lowest BCUT2D eigenvalue weighted by molar-refractivity contribution is 0.444. The predicted octanol–water partition coefficient (Wildman–Crippen LogP) is -0.489. The Morgan fingerprint density at radius 1 is 1.43 bits per heavy atom. The highest BCUT2D eigenvalue weighted by atomic mass is 32.2. The van der Waals surface area contributed by atoms with Gasteiger partial charge in [-0.3, -0.25) is 0 Å². The van der Waals surface area contributed by atoms with Crippen LogP contribution in [-0.2, 0) is 10.2 Å². The number of rotatable bonds is 6. The van der Waals surface area contributed by atoms with Crippen molar-refractivity contribution in [1.82, 2.24) is 9.03 Å². The lowest BCUT2D eigenvalue weighted by atomic mass is 10.0. The topological polar surface area (TPSA) is 75.4 Å². The Bertz CT molecular complexity index is 283. The predicted molar refractivity (Wildman–Crippen MR) is 55.9 cm³/mol. The zero-order chi connectivity index (χ0) is 10.8. The summed E-state index contributed by atoms with van der Waals surface area (Å²) >= 11 is 0. The maximum absolute atomic E-state index is 11.4. The summed E-state index contributed by atoms with van der Waals surface area (Å²) in [5.74, 6) is 0. The molecule has 0 aliphatic heterocycles. The summed E-state index contributed by atoms with van der Waals surface area (Å²) < 4.78 is 26.6. The van der Waals surface area contributed by atoms with Gasteiger partial charge in [0.25, 0.3) is 10.2 Å². The molecule has 1 aliphatic rings. The second kappa shape index (κ2) is 4.14. The molecule has 14 heavy (non-hydrogen) atoms. The molecule has 0 radical (unpaired) electrons. The van der Waals surface area contributed by atoms with Gasteiger partial charge in [-0.1, -0.05) is 0 Å². The summed E-state index contributed by atoms with van der Waals surface area (Å²) in [6.45, 7) is 1.15. The van der Waals surface area contributed by atoms with Gasteiger partial charge in [-0.25, -0.2) is 4.72 Å². The van der Waals surface area contributed by atoms with Crippen LogP contribution in [0.5, 0.6) is 0 Å². The largest absolute Gasteiger partial charge is 0.330 e. The molecule has 0 aromatic heterocycles. The molecule has 1 fully saturated rings. The molecule has 0 bridgehead atoms. The highest BCUT2D eigenvalue weighted by Crippen LogP contribution is 2.47. The molecule has 0 atom stereocenters. The van der Waals surface area contributed by atoms with Gasteiger partial charge in [0.2, 0.25) is 0 Å². The first-order valence-electron chi connectivity index (χ1n) is 4.79. The number of nitrogens with two attached hydrogens (primary N) is 1. The molecule has 3 N–H and O–H groups in total. The standard InChI is InChI=1S/C8H19N3O2S/c1-11(2)14(12,13)10-7-8(3-4-8)5-6-9/h10H,3-7,9H2,1-2H3. The molecule has 0 saturated heterocycles. The summed E-state index contributed by atoms with van der Waals surface area (Å²) in [4.78, 5) is 0. The van der Waals surface area contributed by atoms with Crippen LogP contribution in [0, 0.1) is 5.41 Å². The SMILES string of the molecule is CN(C)S(=O)(=O)NCC1(CCN)CC1. The monoisotopic (exact) mass is 221 g/mol. The first-order chi connectivity index (χ1) is 6.42. The van der Waals surface area contributed by atoms with E-state index in [-0.39, 0.29) is 5.41 Å². The molecular formula is C8H19N3O2S. The summed E-state index contributed by atoms with van der Waals surface area (Å²) in [5, 5.41) is 0. The molecule has 5 nitrogen and oxygen atoms in total. The Hall–Kier alpha value is -0.170. The minimum Gasteiger partial charge on any atom is -0.330 e. The van der Waals surface area contributed by atoms with Gasteiger partial charge in [-0.15, -0.1) is 0 Å². The van der Waals surface area contributed by atoms with Crippen molar-refractivity contribution in [3.05, 3.63) is 0 Å². The van der Waals surface area contributed by atoms with Crippen molar-refractivity contribution in [1.29, 1.82) is 0 Å². The minimum atomic E-state index is -3.27. The van der Waals surface area contributed by atoms with Crippen LogP contribution in [0.15, 0.2) is 0 Å². The van der Waals surface area contributed by atoms with Crippen molar-refractivity contribution in [2.45, 2.75) is 19.3 Å². The van der Waals surface area contributed by atoms with Gasteiger partial charge in [0.05, 0.1) is 0 Å². The van der Waals surface area contributed by atoms with Gasteiger partial charge < -0.3 is 5.73 Å². The fraction of sp³-hybridized carbons (Fsp3) is 1.00. The number of hydrogen-bond acceptors (Lipinski definition) is 3. The lowest BCUT2D eigenvalue weighted by Crippen LogP contribution is -2.39. The first-order valence-corrected chi connectivity index (χ1v) is 6.23. The van der Waals surface area contributed by atoms with E-state index in [1.54, 1.807) is 0 Å². The molecular weight excluding hydrogens is 202 g/mol. The van der Waals surface area contributed by atoms with E-state index < -0.39 is 10.2 Å². The maximum Gasteiger partial charge on any atom is 0.278 e. The van der Waals surface area contributed by atoms with Crippen molar-refractivity contribution in [2.75, 3.05) is 27.2 Å². The van der Waals surface area contributed by atoms with Crippen LogP contribution in [0.1, 0.15) is 19.3 Å². The zero-order valence-corrected chi connectivity index (χ0v) is 9.60. The summed E-state index contributed by atoms with van der Waals surface area (Å²) in [5.41, 5.74) is 5.62. The zero-order valence-electron chi connectivity index (χ0n) is 8.78. The Kier molecular flexibility index (Phi) is 3.52. The quantitative estimate of drug-likeness (QED) is 0.635. The van der Waals surface area contributed by atoms with Gasteiger partial charge in [-0.2, -0.15) is 12.7 Å². The maximum atomic E-state index is 11.4. The molecule has 0 spiro atoms. The van der Waals surface area contributed by atoms with Crippen molar-refractivity contribution in [3.63, 3.8) is 0 Å². The fourth-order valence-electron chi connectivity index (χ4n) is 1.37. The molecule has 0 aromatic rings. The molecule has 6 heteroatoms. The summed E-state index contributed by atoms with van der Waals surface area (Å²) in [6, 6.07) is 0. The van der Waals surface area contributed by atoms with E-state index in [0.29, 0.717) is 13.1 Å². The van der Waals surface area contributed by atoms with Crippen molar-refractivity contribution >= 4 is 10.2 Å². The Morgan fingerprint density at radius 3 is 2.36 bits per heavy atom. The summed E-state index contributed by atoms with van der Waals surface area (Å²) in [7, 11) is -0.230. The second-order valence-corrected chi connectivity index (χ2v) is 6.12. The highest BCUT2D eigenvalue weighted by Gasteiger charge is 2.42. The minimum absolute atomic E-state index is 0.151. The van der Waals surface area contributed by atoms with E-state index in [0.717, 1.165) is 19.3 Å². The Balaban J connectivity index is 2.41. The molecule has 0 unspecified atom stereocenters. The van der Waals surface area contributed by atoms with Crippen LogP contribution in [-0.4, -0.2) is 39.9 Å². The normalized spacial score (nSPS) is 20.0. The van der Waals surface area contributed by atoms with E-state index in [9.17, 15) is 8.42 Å². The first kappa shape index (κ1) is 11.9. The molecule has 1 aliphatic carbocycles. The second-order valence-electron chi connectivity index (χ2n) is 4.15. The van der Waals surface area contributed by atoms with E-state index in [1.165, 1.54) is 18.4 Å². The molecule has 1 rings (SSSR count). The molecule has 0 amide bonds. The van der Waals surface area contributed by atoms with Crippen molar-refractivity contribution < 1.29 is 8.42 Å². The van der Waals surface area contributed by atoms with Gasteiger partial charge in [-0.05, 0) is 31.2 Å². The van der Waals surface area contributed by atoms with Gasteiger partial charge >= 0.3 is 0 Å². The number of nitrogens with zero attached hydrogens (tertiary/aromatic N) is 1. The van der Waals surface area contributed by atoms with Crippen LogP contribution in [0.4, 0.5) is 0 Å². The Morgan fingerprint density at radius 2 is 2.00 bits per heavy atom. The summed E-state index contributed by atoms with van der Waals surface area (Å²) in [6.07, 6.45) is 3.07. The van der Waals surface area contributed by atoms with Gasteiger partial charge in [0.15, 0.2) is 0 Å². The molecule has 0 heterocycles. The van der Waals surface area contributed by atoms with Gasteiger partial charge in [0, 0.05) is 20.6 Å². The molecule has 0 aromatic carbocycles. The van der Waals surface area contributed by atoms with E-state index in [2.05, 4.69) is 4.72 Å². The molecule has 1 saturated carbocycles. The number of hydrogen-bond donors (Lipinski definition) is 2. The number of nitrogens with one attached hydrogen (secondary N) is 1. The van der Waals surface area contributed by atoms with Gasteiger partial charge in [0.1, 0.15) is 0 Å². The van der Waals surface area contributed by atoms with E-state index >= 15 is 0 Å². The van der Waals surface area contributed by atoms with Crippen LogP contribution in [0.3, 0.4) is 0 Å². The average Bonchev–Trinajstić information content (AvgIpc) is 2.83. The Labute approximate surface area is 85.8 Å². The average molecular weight is 221 g/mol. The van der Waals surface area contributed by atoms with E-state index in [1.807, 2.05) is 0 Å². The van der Waals surface area contributed by atoms with Crippen molar-refractivity contribution in [2.24, 2.45) is 11.1 Å². The van der Waals surface area contributed by atoms with Crippen molar-refractivity contribution in [3.8, 4) is 0 Å². The third-order valence-electron chi connectivity index (χ3n) is 2.74. The van der Waals surface area contributed by atoms with E-state index in [4.69, 9.17) is 5.73 Å². The lowest BCUT2D eigenvalue weighted by Gasteiger charge is -2.17. The third kappa shape index (κ3) is 2.91. The van der Waals surface area contributed by atoms with Crippen LogP contribution < -0.4 is 10.5 Å². The van der Waals surface area contributed by atoms with Crippen LogP contribution in [0.2, 0.25) is 0 Å². The fourth-order valence-corrected chi connectivity index (χ4v) is 2.12. The third-order valence-corrected chi connectivity index (χ3v) is 4.21. The van der Waals surface area contributed by atoms with Crippen LogP contribution in [0.25, 0.3) is 0 Å². The smallest absolute Gasteiger partial charge is 0.278 e. The van der Waals surface area contributed by atoms with Crippen LogP contribution >= 0.6 is 0 Å². The highest BCUT2D eigenvalue weighted by molar-refractivity contribution is 7.87.